The van der Waals surface area contributed by atoms with Gasteiger partial charge in [0, 0.05) is 0 Å². The lowest BCUT2D eigenvalue weighted by Crippen LogP contribution is -1.90. The van der Waals surface area contributed by atoms with E-state index in [-0.39, 0.29) is 27.4 Å². The van der Waals surface area contributed by atoms with E-state index in [1.54, 1.807) is 10.6 Å². The highest BCUT2D eigenvalue weighted by molar-refractivity contribution is 6.35. The standard InChI is InChI=1S/2C10H21.Al.5H2O/c2*1-3-5-7-9-10-8-6-4-2;;;;;;/h2*1,3-10H2,2H3;;5*1H2. The first kappa shape index (κ1) is 40.9. The molecule has 0 atom stereocenters. The van der Waals surface area contributed by atoms with E-state index in [4.69, 9.17) is 0 Å². The van der Waals surface area contributed by atoms with E-state index in [0.29, 0.717) is 0 Å². The van der Waals surface area contributed by atoms with Crippen LogP contribution in [0.25, 0.3) is 0 Å². The Morgan fingerprint density at radius 2 is 0.577 bits per heavy atom. The van der Waals surface area contributed by atoms with Crippen molar-refractivity contribution in [2.75, 3.05) is 0 Å². The van der Waals surface area contributed by atoms with E-state index in [2.05, 4.69) is 13.8 Å². The summed E-state index contributed by atoms with van der Waals surface area (Å²) in [6.45, 7) is 4.60. The van der Waals surface area contributed by atoms with Crippen LogP contribution >= 0.6 is 0 Å². The van der Waals surface area contributed by atoms with Gasteiger partial charge in [0.25, 0.3) is 0 Å². The molecular formula is C20H52AlO5. The molecule has 0 fully saturated rings. The van der Waals surface area contributed by atoms with Gasteiger partial charge < -0.3 is 27.4 Å². The molecule has 0 aliphatic rings. The summed E-state index contributed by atoms with van der Waals surface area (Å²) in [5, 5.41) is 3.15. The summed E-state index contributed by atoms with van der Waals surface area (Å²) < 4.78 is 0. The second-order valence-electron chi connectivity index (χ2n) is 6.82. The monoisotopic (exact) mass is 399 g/mol. The minimum atomic E-state index is 0. The van der Waals surface area contributed by atoms with Crippen molar-refractivity contribution in [2.45, 2.75) is 127 Å². The molecule has 0 heterocycles. The summed E-state index contributed by atoms with van der Waals surface area (Å²) in [5.74, 6) is 0. The SMILES string of the molecule is CCCCCCCCC[CH2][Al][CH2]CCCCCCCCC.O.O.O.O.O. The van der Waals surface area contributed by atoms with E-state index < -0.39 is 0 Å². The smallest absolute Gasteiger partial charge is 0.199 e. The molecule has 0 saturated heterocycles. The van der Waals surface area contributed by atoms with Gasteiger partial charge in [-0.15, -0.1) is 10.6 Å². The summed E-state index contributed by atoms with van der Waals surface area (Å²) in [5.41, 5.74) is 0. The molecule has 0 aliphatic carbocycles. The van der Waals surface area contributed by atoms with E-state index in [9.17, 15) is 0 Å². The number of unbranched alkanes of at least 4 members (excludes halogenated alkanes) is 14. The van der Waals surface area contributed by atoms with Crippen LogP contribution in [0.15, 0.2) is 0 Å². The highest BCUT2D eigenvalue weighted by Crippen LogP contribution is 2.12. The van der Waals surface area contributed by atoms with Gasteiger partial charge in [0.2, 0.25) is 0 Å². The van der Waals surface area contributed by atoms with Crippen LogP contribution in [-0.2, 0) is 0 Å². The van der Waals surface area contributed by atoms with Gasteiger partial charge in [-0.2, -0.15) is 0 Å². The van der Waals surface area contributed by atoms with Crippen LogP contribution in [0.5, 0.6) is 0 Å². The first-order chi connectivity index (χ1) is 10.4. The lowest BCUT2D eigenvalue weighted by Gasteiger charge is -2.02. The van der Waals surface area contributed by atoms with Crippen molar-refractivity contribution in [3.05, 3.63) is 0 Å². The molecule has 0 aromatic rings. The molecule has 0 unspecified atom stereocenters. The third-order valence-electron chi connectivity index (χ3n) is 4.52. The first-order valence-corrected chi connectivity index (χ1v) is 11.9. The van der Waals surface area contributed by atoms with E-state index in [0.717, 1.165) is 15.2 Å². The second kappa shape index (κ2) is 40.1. The maximum Gasteiger partial charge on any atom is 0.199 e. The fraction of sp³-hybridized carbons (Fsp3) is 1.00. The van der Waals surface area contributed by atoms with Crippen LogP contribution in [0.1, 0.15) is 117 Å². The molecule has 0 rings (SSSR count). The van der Waals surface area contributed by atoms with Gasteiger partial charge in [-0.05, 0) is 0 Å². The van der Waals surface area contributed by atoms with Crippen molar-refractivity contribution < 1.29 is 27.4 Å². The van der Waals surface area contributed by atoms with Crippen molar-refractivity contribution >= 4 is 15.2 Å². The molecule has 0 saturated carbocycles. The van der Waals surface area contributed by atoms with Gasteiger partial charge in [0.15, 0.2) is 15.2 Å². The average Bonchev–Trinajstić information content (AvgIpc) is 2.50. The van der Waals surface area contributed by atoms with Crippen molar-refractivity contribution in [2.24, 2.45) is 0 Å². The van der Waals surface area contributed by atoms with Crippen molar-refractivity contribution in [1.82, 2.24) is 0 Å². The third-order valence-corrected chi connectivity index (χ3v) is 6.16. The molecule has 0 aromatic carbocycles. The zero-order chi connectivity index (χ0) is 15.4. The quantitative estimate of drug-likeness (QED) is 0.243. The predicted molar refractivity (Wildman–Crippen MR) is 119 cm³/mol. The van der Waals surface area contributed by atoms with Gasteiger partial charge in [-0.1, -0.05) is 117 Å². The molecule has 165 valence electrons. The Morgan fingerprint density at radius 3 is 0.846 bits per heavy atom. The number of rotatable bonds is 18. The summed E-state index contributed by atoms with van der Waals surface area (Å²) in [4.78, 5) is 0. The Hall–Kier alpha value is 0.332. The molecule has 0 aromatic heterocycles. The molecule has 1 radical (unpaired) electrons. The Morgan fingerprint density at radius 1 is 0.346 bits per heavy atom. The van der Waals surface area contributed by atoms with Gasteiger partial charge in [-0.3, -0.25) is 0 Å². The molecule has 0 amide bonds. The summed E-state index contributed by atoms with van der Waals surface area (Å²) >= 11 is 0.786. The minimum Gasteiger partial charge on any atom is -0.412 e. The van der Waals surface area contributed by atoms with Crippen LogP contribution in [0.4, 0.5) is 0 Å². The lowest BCUT2D eigenvalue weighted by atomic mass is 10.1. The molecule has 10 N–H and O–H groups in total. The lowest BCUT2D eigenvalue weighted by molar-refractivity contribution is 0.582. The van der Waals surface area contributed by atoms with E-state index in [1.807, 2.05) is 0 Å². The summed E-state index contributed by atoms with van der Waals surface area (Å²) in [7, 11) is 0. The molecule has 26 heavy (non-hydrogen) atoms. The predicted octanol–water partition coefficient (Wildman–Crippen LogP) is 3.69. The van der Waals surface area contributed by atoms with Crippen LogP contribution in [0.2, 0.25) is 10.6 Å². The topological polar surface area (TPSA) is 158 Å². The maximum absolute atomic E-state index is 2.30. The largest absolute Gasteiger partial charge is 0.412 e. The second-order valence-corrected chi connectivity index (χ2v) is 8.55. The summed E-state index contributed by atoms with van der Waals surface area (Å²) in [6.07, 6.45) is 23.6. The Balaban J connectivity index is -0.000000200. The molecule has 0 aliphatic heterocycles. The Bertz CT molecular complexity index is 168. The fourth-order valence-electron chi connectivity index (χ4n) is 2.99. The van der Waals surface area contributed by atoms with Crippen LogP contribution in [0, 0.1) is 0 Å². The van der Waals surface area contributed by atoms with Gasteiger partial charge in [0.1, 0.15) is 0 Å². The Labute approximate surface area is 170 Å². The maximum atomic E-state index is 2.30. The van der Waals surface area contributed by atoms with Gasteiger partial charge in [0.05, 0.1) is 0 Å². The van der Waals surface area contributed by atoms with Crippen molar-refractivity contribution in [1.29, 1.82) is 0 Å². The zero-order valence-electron chi connectivity index (χ0n) is 17.8. The zero-order valence-corrected chi connectivity index (χ0v) is 19.0. The van der Waals surface area contributed by atoms with E-state index >= 15 is 0 Å². The first-order valence-electron chi connectivity index (χ1n) is 10.2. The van der Waals surface area contributed by atoms with Gasteiger partial charge >= 0.3 is 0 Å². The Kier molecular flexibility index (Phi) is 63.1. The van der Waals surface area contributed by atoms with E-state index in [1.165, 1.54) is 103 Å². The van der Waals surface area contributed by atoms with Crippen LogP contribution < -0.4 is 0 Å². The normalized spacial score (nSPS) is 8.85. The van der Waals surface area contributed by atoms with Crippen molar-refractivity contribution in [3.63, 3.8) is 0 Å². The molecule has 6 heteroatoms. The van der Waals surface area contributed by atoms with Gasteiger partial charge in [-0.25, -0.2) is 0 Å². The molecule has 0 bridgehead atoms. The molecule has 0 spiro atoms. The minimum absolute atomic E-state index is 0. The average molecular weight is 400 g/mol. The van der Waals surface area contributed by atoms with Crippen molar-refractivity contribution in [3.8, 4) is 0 Å². The highest BCUT2D eigenvalue weighted by atomic mass is 27.1. The van der Waals surface area contributed by atoms with Crippen LogP contribution in [-0.4, -0.2) is 42.6 Å². The molecular weight excluding hydrogens is 347 g/mol. The van der Waals surface area contributed by atoms with Crippen LogP contribution in [0.3, 0.4) is 0 Å². The number of hydrogen-bond acceptors (Lipinski definition) is 0. The fourth-order valence-corrected chi connectivity index (χ4v) is 4.43. The number of hydrogen-bond donors (Lipinski definition) is 0. The summed E-state index contributed by atoms with van der Waals surface area (Å²) in [6, 6.07) is 0. The molecule has 5 nitrogen and oxygen atoms in total. The third kappa shape index (κ3) is 39.4. The highest BCUT2D eigenvalue weighted by Gasteiger charge is 1.96.